The first-order valence-corrected chi connectivity index (χ1v) is 5.79. The number of rotatable bonds is 9. The fourth-order valence-electron chi connectivity index (χ4n) is 2.49. The Bertz CT molecular complexity index is 171. The highest BCUT2D eigenvalue weighted by atomic mass is 16.3. The Kier molecular flexibility index (Phi) is 7.87. The van der Waals surface area contributed by atoms with Gasteiger partial charge in [0.05, 0.1) is 0 Å². The number of nitrogens with zero attached hydrogens (tertiary/aromatic N) is 1. The highest BCUT2D eigenvalue weighted by Crippen LogP contribution is 2.32. The van der Waals surface area contributed by atoms with Crippen LogP contribution in [0.3, 0.4) is 0 Å². The van der Waals surface area contributed by atoms with Crippen molar-refractivity contribution in [1.29, 1.82) is 0 Å². The molecule has 1 unspecified atom stereocenters. The van der Waals surface area contributed by atoms with Gasteiger partial charge < -0.3 is 26.0 Å². The molecule has 16 heavy (non-hydrogen) atoms. The van der Waals surface area contributed by atoms with Crippen LogP contribution in [0.5, 0.6) is 0 Å². The van der Waals surface area contributed by atoms with E-state index in [0.717, 1.165) is 0 Å². The van der Waals surface area contributed by atoms with Crippen LogP contribution in [0, 0.1) is 5.92 Å². The van der Waals surface area contributed by atoms with Crippen molar-refractivity contribution in [3.05, 3.63) is 0 Å². The third-order valence-electron chi connectivity index (χ3n) is 3.50. The molecule has 0 fully saturated rings. The lowest BCUT2D eigenvalue weighted by Gasteiger charge is -2.45. The highest BCUT2D eigenvalue weighted by Gasteiger charge is 2.38. The second kappa shape index (κ2) is 7.97. The van der Waals surface area contributed by atoms with Gasteiger partial charge in [0.2, 0.25) is 0 Å². The molecule has 0 aliphatic carbocycles. The van der Waals surface area contributed by atoms with Crippen LogP contribution in [0.25, 0.3) is 0 Å². The topological polar surface area (TPSA) is 90.0 Å². The molecule has 0 bridgehead atoms. The summed E-state index contributed by atoms with van der Waals surface area (Å²) in [6.07, 6.45) is 1.71. The summed E-state index contributed by atoms with van der Waals surface area (Å²) >= 11 is 0. The second-order valence-corrected chi connectivity index (χ2v) is 4.39. The molecule has 0 radical (unpaired) electrons. The highest BCUT2D eigenvalue weighted by molar-refractivity contribution is 4.94. The van der Waals surface area contributed by atoms with Crippen molar-refractivity contribution in [2.75, 3.05) is 40.5 Å². The van der Waals surface area contributed by atoms with E-state index in [-0.39, 0.29) is 31.3 Å². The Balaban J connectivity index is 4.94. The van der Waals surface area contributed by atoms with Gasteiger partial charge in [-0.3, -0.25) is 0 Å². The molecule has 0 spiro atoms. The number of nitrogens with two attached hydrogens (primary N) is 1. The summed E-state index contributed by atoms with van der Waals surface area (Å²) in [7, 11) is 3.84. The minimum absolute atomic E-state index is 0.0557. The summed E-state index contributed by atoms with van der Waals surface area (Å²) in [4.78, 5) is 2.01. The van der Waals surface area contributed by atoms with Gasteiger partial charge in [0.25, 0.3) is 0 Å². The molecule has 1 atom stereocenters. The van der Waals surface area contributed by atoms with Crippen LogP contribution >= 0.6 is 0 Å². The van der Waals surface area contributed by atoms with Crippen molar-refractivity contribution < 1.29 is 15.3 Å². The Morgan fingerprint density at radius 2 is 1.56 bits per heavy atom. The average Bonchev–Trinajstić information content (AvgIpc) is 2.25. The van der Waals surface area contributed by atoms with Gasteiger partial charge in [-0.15, -0.1) is 0 Å². The summed E-state index contributed by atoms with van der Waals surface area (Å²) in [6.45, 7) is 0.632. The van der Waals surface area contributed by atoms with Crippen LogP contribution in [0.2, 0.25) is 0 Å². The molecule has 98 valence electrons. The van der Waals surface area contributed by atoms with Crippen LogP contribution in [-0.4, -0.2) is 66.2 Å². The third kappa shape index (κ3) is 3.68. The summed E-state index contributed by atoms with van der Waals surface area (Å²) in [5, 5.41) is 27.4. The van der Waals surface area contributed by atoms with Crippen LogP contribution < -0.4 is 5.73 Å². The van der Waals surface area contributed by atoms with Gasteiger partial charge in [-0.2, -0.15) is 0 Å². The van der Waals surface area contributed by atoms with Gasteiger partial charge in [0.1, 0.15) is 0 Å². The number of aliphatic hydroxyl groups excluding tert-OH is 3. The lowest BCUT2D eigenvalue weighted by Crippen LogP contribution is -2.54. The van der Waals surface area contributed by atoms with Gasteiger partial charge in [0, 0.05) is 25.4 Å². The largest absolute Gasteiger partial charge is 0.396 e. The zero-order valence-corrected chi connectivity index (χ0v) is 10.4. The molecule has 5 N–H and O–H groups in total. The first-order chi connectivity index (χ1) is 7.58. The number of hydrogen-bond acceptors (Lipinski definition) is 5. The van der Waals surface area contributed by atoms with Crippen LogP contribution in [0.15, 0.2) is 0 Å². The molecule has 0 rings (SSSR count). The van der Waals surface area contributed by atoms with E-state index in [2.05, 4.69) is 0 Å². The minimum Gasteiger partial charge on any atom is -0.396 e. The molecule has 0 saturated heterocycles. The molecule has 0 aliphatic heterocycles. The quantitative estimate of drug-likeness (QED) is 0.411. The molecule has 0 aliphatic rings. The predicted molar refractivity (Wildman–Crippen MR) is 64.1 cm³/mol. The van der Waals surface area contributed by atoms with Crippen molar-refractivity contribution in [2.45, 2.75) is 24.8 Å². The lowest BCUT2D eigenvalue weighted by molar-refractivity contribution is 0.0177. The maximum atomic E-state index is 9.18. The van der Waals surface area contributed by atoms with Crippen molar-refractivity contribution in [3.8, 4) is 0 Å². The van der Waals surface area contributed by atoms with Gasteiger partial charge in [-0.1, -0.05) is 0 Å². The van der Waals surface area contributed by atoms with Gasteiger partial charge in [0.15, 0.2) is 0 Å². The maximum absolute atomic E-state index is 9.18. The van der Waals surface area contributed by atoms with Crippen LogP contribution in [-0.2, 0) is 0 Å². The first-order valence-electron chi connectivity index (χ1n) is 5.79. The van der Waals surface area contributed by atoms with E-state index in [9.17, 15) is 10.2 Å². The van der Waals surface area contributed by atoms with E-state index in [4.69, 9.17) is 10.8 Å². The summed E-state index contributed by atoms with van der Waals surface area (Å²) in [5.74, 6) is 0.0757. The molecule has 0 aromatic rings. The average molecular weight is 234 g/mol. The SMILES string of the molecule is CN(C)C(CCO)(CCO)C(CN)CCO. The van der Waals surface area contributed by atoms with Crippen molar-refractivity contribution in [2.24, 2.45) is 11.7 Å². The van der Waals surface area contributed by atoms with Crippen LogP contribution in [0.1, 0.15) is 19.3 Å². The smallest absolute Gasteiger partial charge is 0.0448 e. The molecule has 5 nitrogen and oxygen atoms in total. The molecular formula is C11H26N2O3. The predicted octanol–water partition coefficient (Wildman–Crippen LogP) is -0.991. The fourth-order valence-corrected chi connectivity index (χ4v) is 2.49. The Morgan fingerprint density at radius 1 is 1.06 bits per heavy atom. The molecular weight excluding hydrogens is 208 g/mol. The molecule has 0 saturated carbocycles. The molecule has 0 amide bonds. The Labute approximate surface area is 97.9 Å². The normalized spacial score (nSPS) is 14.4. The van der Waals surface area contributed by atoms with E-state index < -0.39 is 0 Å². The molecule has 0 aromatic carbocycles. The first kappa shape index (κ1) is 15.8. The van der Waals surface area contributed by atoms with E-state index in [0.29, 0.717) is 25.8 Å². The summed E-state index contributed by atoms with van der Waals surface area (Å²) < 4.78 is 0. The van der Waals surface area contributed by atoms with Crippen LogP contribution in [0.4, 0.5) is 0 Å². The fraction of sp³-hybridized carbons (Fsp3) is 1.00. The van der Waals surface area contributed by atoms with E-state index in [1.54, 1.807) is 0 Å². The molecule has 0 aromatic heterocycles. The molecule has 5 heteroatoms. The van der Waals surface area contributed by atoms with Gasteiger partial charge in [-0.05, 0) is 45.8 Å². The van der Waals surface area contributed by atoms with Crippen molar-refractivity contribution in [3.63, 3.8) is 0 Å². The maximum Gasteiger partial charge on any atom is 0.0448 e. The third-order valence-corrected chi connectivity index (χ3v) is 3.50. The second-order valence-electron chi connectivity index (χ2n) is 4.39. The van der Waals surface area contributed by atoms with Crippen molar-refractivity contribution in [1.82, 2.24) is 4.90 Å². The number of hydrogen-bond donors (Lipinski definition) is 4. The minimum atomic E-state index is -0.332. The number of aliphatic hydroxyl groups is 3. The molecule has 0 heterocycles. The van der Waals surface area contributed by atoms with Gasteiger partial charge >= 0.3 is 0 Å². The van der Waals surface area contributed by atoms with Crippen molar-refractivity contribution >= 4 is 0 Å². The zero-order chi connectivity index (χ0) is 12.6. The summed E-state index contributed by atoms with van der Waals surface area (Å²) in [6, 6.07) is 0. The summed E-state index contributed by atoms with van der Waals surface area (Å²) in [5.41, 5.74) is 5.41. The standard InChI is InChI=1S/C11H26N2O3/c1-13(2)11(4-7-15,5-8-16)10(9-12)3-6-14/h10,14-16H,3-9,12H2,1-2H3. The van der Waals surface area contributed by atoms with E-state index in [1.807, 2.05) is 19.0 Å². The Morgan fingerprint density at radius 3 is 1.81 bits per heavy atom. The van der Waals surface area contributed by atoms with E-state index in [1.165, 1.54) is 0 Å². The zero-order valence-electron chi connectivity index (χ0n) is 10.4. The lowest BCUT2D eigenvalue weighted by atomic mass is 9.76. The Hall–Kier alpha value is -0.200. The van der Waals surface area contributed by atoms with Gasteiger partial charge in [-0.25, -0.2) is 0 Å². The van der Waals surface area contributed by atoms with E-state index >= 15 is 0 Å². The monoisotopic (exact) mass is 234 g/mol.